The number of halogens is 1. The van der Waals surface area contributed by atoms with Gasteiger partial charge >= 0.3 is 0 Å². The van der Waals surface area contributed by atoms with Gasteiger partial charge < -0.3 is 19.5 Å². The number of carbonyl (C=O) groups is 1. The molecule has 2 rings (SSSR count). The third-order valence-corrected chi connectivity index (χ3v) is 3.45. The summed E-state index contributed by atoms with van der Waals surface area (Å²) in [6, 6.07) is 12.3. The zero-order valence-electron chi connectivity index (χ0n) is 13.1. The van der Waals surface area contributed by atoms with Gasteiger partial charge in [0.25, 0.3) is 5.91 Å². The van der Waals surface area contributed by atoms with Crippen LogP contribution in [0.3, 0.4) is 0 Å². The van der Waals surface area contributed by atoms with Gasteiger partial charge in [0.05, 0.1) is 24.9 Å². The van der Waals surface area contributed by atoms with E-state index in [0.29, 0.717) is 28.0 Å². The fourth-order valence-corrected chi connectivity index (χ4v) is 2.19. The number of para-hydroxylation sites is 1. The van der Waals surface area contributed by atoms with E-state index in [0.717, 1.165) is 0 Å². The van der Waals surface area contributed by atoms with Crippen molar-refractivity contribution in [2.24, 2.45) is 0 Å². The van der Waals surface area contributed by atoms with E-state index in [-0.39, 0.29) is 5.91 Å². The van der Waals surface area contributed by atoms with Crippen LogP contribution in [0.4, 0.5) is 5.69 Å². The van der Waals surface area contributed by atoms with E-state index in [9.17, 15) is 4.79 Å². The number of rotatable bonds is 6. The summed E-state index contributed by atoms with van der Waals surface area (Å²) >= 11 is 6.09. The lowest BCUT2D eigenvalue weighted by Gasteiger charge is -2.17. The summed E-state index contributed by atoms with van der Waals surface area (Å²) in [5, 5.41) is 3.12. The van der Waals surface area contributed by atoms with Gasteiger partial charge in [-0.15, -0.1) is 0 Å². The lowest BCUT2D eigenvalue weighted by atomic mass is 10.2. The fraction of sp³-hybridized carbons (Fsp3) is 0.235. The third-order valence-electron chi connectivity index (χ3n) is 3.16. The maximum absolute atomic E-state index is 12.3. The molecule has 0 aliphatic rings. The second-order valence-corrected chi connectivity index (χ2v) is 5.16. The minimum atomic E-state index is -0.678. The Morgan fingerprint density at radius 2 is 1.74 bits per heavy atom. The number of anilines is 1. The van der Waals surface area contributed by atoms with Crippen LogP contribution in [0, 0.1) is 0 Å². The van der Waals surface area contributed by atoms with Crippen molar-refractivity contribution in [3.63, 3.8) is 0 Å². The topological polar surface area (TPSA) is 56.8 Å². The van der Waals surface area contributed by atoms with Crippen molar-refractivity contribution in [1.29, 1.82) is 0 Å². The Balaban J connectivity index is 2.11. The Kier molecular flexibility index (Phi) is 5.71. The Labute approximate surface area is 140 Å². The van der Waals surface area contributed by atoms with Crippen LogP contribution in [0.25, 0.3) is 0 Å². The minimum absolute atomic E-state index is 0.312. The standard InChI is InChI=1S/C17H18ClNO4/c1-11(23-12-7-5-4-6-8-12)17(20)19-14-9-13(18)15(21-2)10-16(14)22-3/h4-11H,1-3H3,(H,19,20)/t11-/m0/s1. The summed E-state index contributed by atoms with van der Waals surface area (Å²) < 4.78 is 16.0. The first-order valence-electron chi connectivity index (χ1n) is 6.99. The SMILES string of the molecule is COc1cc(OC)c(NC(=O)[C@H](C)Oc2ccccc2)cc1Cl. The molecule has 0 radical (unpaired) electrons. The maximum atomic E-state index is 12.3. The highest BCUT2D eigenvalue weighted by atomic mass is 35.5. The van der Waals surface area contributed by atoms with Crippen molar-refractivity contribution in [3.05, 3.63) is 47.5 Å². The van der Waals surface area contributed by atoms with Crippen LogP contribution >= 0.6 is 11.6 Å². The van der Waals surface area contributed by atoms with Gasteiger partial charge in [-0.05, 0) is 25.1 Å². The summed E-state index contributed by atoms with van der Waals surface area (Å²) in [6.45, 7) is 1.67. The second kappa shape index (κ2) is 7.74. The highest BCUT2D eigenvalue weighted by Crippen LogP contribution is 2.36. The first-order valence-corrected chi connectivity index (χ1v) is 7.37. The molecule has 0 heterocycles. The van der Waals surface area contributed by atoms with Crippen molar-refractivity contribution < 1.29 is 19.0 Å². The largest absolute Gasteiger partial charge is 0.495 e. The monoisotopic (exact) mass is 335 g/mol. The number of benzene rings is 2. The van der Waals surface area contributed by atoms with E-state index in [2.05, 4.69) is 5.32 Å². The van der Waals surface area contributed by atoms with Gasteiger partial charge in [0, 0.05) is 6.07 Å². The van der Waals surface area contributed by atoms with E-state index in [4.69, 9.17) is 25.8 Å². The molecule has 23 heavy (non-hydrogen) atoms. The van der Waals surface area contributed by atoms with Crippen molar-refractivity contribution in [2.45, 2.75) is 13.0 Å². The maximum Gasteiger partial charge on any atom is 0.265 e. The summed E-state index contributed by atoms with van der Waals surface area (Å²) in [6.07, 6.45) is -0.678. The third kappa shape index (κ3) is 4.29. The summed E-state index contributed by atoms with van der Waals surface area (Å²) in [7, 11) is 3.01. The smallest absolute Gasteiger partial charge is 0.265 e. The quantitative estimate of drug-likeness (QED) is 0.873. The van der Waals surface area contributed by atoms with Crippen LogP contribution in [-0.4, -0.2) is 26.2 Å². The highest BCUT2D eigenvalue weighted by Gasteiger charge is 2.18. The second-order valence-electron chi connectivity index (χ2n) is 4.75. The number of methoxy groups -OCH3 is 2. The lowest BCUT2D eigenvalue weighted by Crippen LogP contribution is -2.30. The van der Waals surface area contributed by atoms with Crippen molar-refractivity contribution in [3.8, 4) is 17.2 Å². The van der Waals surface area contributed by atoms with Gasteiger partial charge in [-0.1, -0.05) is 29.8 Å². The van der Waals surface area contributed by atoms with Gasteiger partial charge in [0.2, 0.25) is 0 Å². The fourth-order valence-electron chi connectivity index (χ4n) is 1.95. The molecule has 1 atom stereocenters. The molecule has 5 nitrogen and oxygen atoms in total. The Bertz CT molecular complexity index is 676. The molecule has 122 valence electrons. The number of hydrogen-bond donors (Lipinski definition) is 1. The van der Waals surface area contributed by atoms with Crippen LogP contribution in [0.15, 0.2) is 42.5 Å². The predicted molar refractivity (Wildman–Crippen MR) is 89.7 cm³/mol. The van der Waals surface area contributed by atoms with E-state index in [1.807, 2.05) is 18.2 Å². The molecular weight excluding hydrogens is 318 g/mol. The first kappa shape index (κ1) is 17.0. The molecule has 1 N–H and O–H groups in total. The van der Waals surface area contributed by atoms with Crippen molar-refractivity contribution in [2.75, 3.05) is 19.5 Å². The number of amides is 1. The van der Waals surface area contributed by atoms with Gasteiger partial charge in [-0.25, -0.2) is 0 Å². The van der Waals surface area contributed by atoms with Crippen LogP contribution in [0.2, 0.25) is 5.02 Å². The van der Waals surface area contributed by atoms with E-state index in [1.54, 1.807) is 31.2 Å². The molecule has 1 amide bonds. The Morgan fingerprint density at radius 1 is 1.09 bits per heavy atom. The number of hydrogen-bond acceptors (Lipinski definition) is 4. The predicted octanol–water partition coefficient (Wildman–Crippen LogP) is 3.76. The summed E-state index contributed by atoms with van der Waals surface area (Å²) in [5.74, 6) is 1.23. The van der Waals surface area contributed by atoms with Crippen LogP contribution in [0.5, 0.6) is 17.2 Å². The zero-order chi connectivity index (χ0) is 16.8. The first-order chi connectivity index (χ1) is 11.0. The molecule has 0 bridgehead atoms. The number of carbonyl (C=O) groups excluding carboxylic acids is 1. The molecule has 0 aliphatic carbocycles. The van der Waals surface area contributed by atoms with E-state index >= 15 is 0 Å². The van der Waals surface area contributed by atoms with Crippen molar-refractivity contribution >= 4 is 23.2 Å². The van der Waals surface area contributed by atoms with Gasteiger partial charge in [-0.3, -0.25) is 4.79 Å². The Morgan fingerprint density at radius 3 is 2.35 bits per heavy atom. The Hall–Kier alpha value is -2.40. The highest BCUT2D eigenvalue weighted by molar-refractivity contribution is 6.32. The normalized spacial score (nSPS) is 11.5. The molecular formula is C17H18ClNO4. The van der Waals surface area contributed by atoms with Crippen LogP contribution in [-0.2, 0) is 4.79 Å². The van der Waals surface area contributed by atoms with Gasteiger partial charge in [0.15, 0.2) is 6.10 Å². The van der Waals surface area contributed by atoms with E-state index < -0.39 is 6.10 Å². The summed E-state index contributed by atoms with van der Waals surface area (Å²) in [4.78, 5) is 12.3. The molecule has 0 saturated carbocycles. The molecule has 0 aliphatic heterocycles. The molecule has 2 aromatic rings. The molecule has 0 unspecified atom stereocenters. The van der Waals surface area contributed by atoms with Gasteiger partial charge in [-0.2, -0.15) is 0 Å². The average Bonchev–Trinajstić information content (AvgIpc) is 2.56. The summed E-state index contributed by atoms with van der Waals surface area (Å²) in [5.41, 5.74) is 0.451. The average molecular weight is 336 g/mol. The lowest BCUT2D eigenvalue weighted by molar-refractivity contribution is -0.122. The number of ether oxygens (including phenoxy) is 3. The molecule has 0 fully saturated rings. The van der Waals surface area contributed by atoms with E-state index in [1.165, 1.54) is 14.2 Å². The van der Waals surface area contributed by atoms with Gasteiger partial charge in [0.1, 0.15) is 17.2 Å². The van der Waals surface area contributed by atoms with Crippen LogP contribution < -0.4 is 19.5 Å². The molecule has 2 aromatic carbocycles. The van der Waals surface area contributed by atoms with Crippen LogP contribution in [0.1, 0.15) is 6.92 Å². The minimum Gasteiger partial charge on any atom is -0.495 e. The molecule has 0 spiro atoms. The number of nitrogens with one attached hydrogen (secondary N) is 1. The molecule has 0 saturated heterocycles. The molecule has 6 heteroatoms. The van der Waals surface area contributed by atoms with Crippen molar-refractivity contribution in [1.82, 2.24) is 0 Å². The zero-order valence-corrected chi connectivity index (χ0v) is 13.9. The molecule has 0 aromatic heterocycles.